The standard InChI is InChI=1S/C14H11N5O2/c20-19(21)12-6-4-11(5-7-12)9-18-10-14(16-17-18)13-3-1-2-8-15-13/h1-8,10H,9H2. The van der Waals surface area contributed by atoms with Crippen LogP contribution in [-0.2, 0) is 6.54 Å². The van der Waals surface area contributed by atoms with Crippen LogP contribution in [0, 0.1) is 10.1 Å². The Morgan fingerprint density at radius 2 is 1.90 bits per heavy atom. The average Bonchev–Trinajstić information content (AvgIpc) is 2.97. The number of nitro benzene ring substituents is 1. The highest BCUT2D eigenvalue weighted by molar-refractivity contribution is 5.51. The fourth-order valence-electron chi connectivity index (χ4n) is 1.92. The Bertz CT molecular complexity index is 753. The average molecular weight is 281 g/mol. The van der Waals surface area contributed by atoms with Crippen molar-refractivity contribution >= 4 is 5.69 Å². The zero-order chi connectivity index (χ0) is 14.7. The molecule has 7 heteroatoms. The van der Waals surface area contributed by atoms with Crippen LogP contribution in [0.25, 0.3) is 11.4 Å². The van der Waals surface area contributed by atoms with Gasteiger partial charge in [0.05, 0.1) is 23.4 Å². The molecular weight excluding hydrogens is 270 g/mol. The molecule has 3 rings (SSSR count). The van der Waals surface area contributed by atoms with Crippen molar-refractivity contribution in [1.82, 2.24) is 20.0 Å². The second-order valence-corrected chi connectivity index (χ2v) is 4.44. The van der Waals surface area contributed by atoms with Crippen molar-refractivity contribution in [2.75, 3.05) is 0 Å². The molecule has 3 aromatic rings. The minimum Gasteiger partial charge on any atom is -0.258 e. The van der Waals surface area contributed by atoms with Gasteiger partial charge in [-0.1, -0.05) is 23.4 Å². The number of hydrogen-bond acceptors (Lipinski definition) is 5. The number of non-ortho nitro benzene ring substituents is 1. The normalized spacial score (nSPS) is 10.5. The lowest BCUT2D eigenvalue weighted by atomic mass is 10.2. The van der Waals surface area contributed by atoms with E-state index in [1.165, 1.54) is 12.1 Å². The van der Waals surface area contributed by atoms with Crippen molar-refractivity contribution in [1.29, 1.82) is 0 Å². The summed E-state index contributed by atoms with van der Waals surface area (Å²) in [5.41, 5.74) is 2.44. The SMILES string of the molecule is O=[N+]([O-])c1ccc(Cn2cc(-c3ccccn3)nn2)cc1. The van der Waals surface area contributed by atoms with Crippen LogP contribution in [-0.4, -0.2) is 24.9 Å². The molecule has 0 radical (unpaired) electrons. The summed E-state index contributed by atoms with van der Waals surface area (Å²) in [6, 6.07) is 12.0. The third kappa shape index (κ3) is 2.92. The summed E-state index contributed by atoms with van der Waals surface area (Å²) in [5, 5.41) is 18.7. The fourth-order valence-corrected chi connectivity index (χ4v) is 1.92. The summed E-state index contributed by atoms with van der Waals surface area (Å²) >= 11 is 0. The minimum absolute atomic E-state index is 0.0755. The first-order valence-corrected chi connectivity index (χ1v) is 6.27. The van der Waals surface area contributed by atoms with Gasteiger partial charge in [-0.25, -0.2) is 4.68 Å². The molecule has 0 bridgehead atoms. The van der Waals surface area contributed by atoms with E-state index in [0.717, 1.165) is 11.3 Å². The van der Waals surface area contributed by atoms with Crippen LogP contribution >= 0.6 is 0 Å². The van der Waals surface area contributed by atoms with Gasteiger partial charge in [0.1, 0.15) is 5.69 Å². The lowest BCUT2D eigenvalue weighted by molar-refractivity contribution is -0.384. The second kappa shape index (κ2) is 5.49. The summed E-state index contributed by atoms with van der Waals surface area (Å²) in [6.07, 6.45) is 3.49. The van der Waals surface area contributed by atoms with Crippen LogP contribution in [0.4, 0.5) is 5.69 Å². The maximum Gasteiger partial charge on any atom is 0.269 e. The smallest absolute Gasteiger partial charge is 0.258 e. The molecule has 0 atom stereocenters. The number of hydrogen-bond donors (Lipinski definition) is 0. The van der Waals surface area contributed by atoms with E-state index in [2.05, 4.69) is 15.3 Å². The van der Waals surface area contributed by atoms with Crippen LogP contribution in [0.5, 0.6) is 0 Å². The Kier molecular flexibility index (Phi) is 3.38. The quantitative estimate of drug-likeness (QED) is 0.541. The van der Waals surface area contributed by atoms with Gasteiger partial charge < -0.3 is 0 Å². The molecule has 0 unspecified atom stereocenters. The highest BCUT2D eigenvalue weighted by Gasteiger charge is 2.07. The molecule has 7 nitrogen and oxygen atoms in total. The van der Waals surface area contributed by atoms with Crippen LogP contribution in [0.1, 0.15) is 5.56 Å². The van der Waals surface area contributed by atoms with Gasteiger partial charge in [0.25, 0.3) is 5.69 Å². The summed E-state index contributed by atoms with van der Waals surface area (Å²) in [4.78, 5) is 14.4. The molecule has 2 aromatic heterocycles. The third-order valence-corrected chi connectivity index (χ3v) is 2.96. The molecule has 0 saturated heterocycles. The molecule has 1 aromatic carbocycles. The predicted molar refractivity (Wildman–Crippen MR) is 75.5 cm³/mol. The molecule has 0 fully saturated rings. The van der Waals surface area contributed by atoms with Gasteiger partial charge in [-0.2, -0.15) is 0 Å². The Balaban J connectivity index is 1.77. The van der Waals surface area contributed by atoms with Crippen molar-refractivity contribution in [2.45, 2.75) is 6.54 Å². The summed E-state index contributed by atoms with van der Waals surface area (Å²) in [6.45, 7) is 0.498. The Labute approximate surface area is 120 Å². The molecule has 0 amide bonds. The van der Waals surface area contributed by atoms with Gasteiger partial charge in [0.15, 0.2) is 0 Å². The van der Waals surface area contributed by atoms with Crippen LogP contribution in [0.3, 0.4) is 0 Å². The van der Waals surface area contributed by atoms with Crippen LogP contribution < -0.4 is 0 Å². The maximum absolute atomic E-state index is 10.6. The van der Waals surface area contributed by atoms with Gasteiger partial charge in [0, 0.05) is 18.3 Å². The largest absolute Gasteiger partial charge is 0.269 e. The number of nitrogens with zero attached hydrogens (tertiary/aromatic N) is 5. The second-order valence-electron chi connectivity index (χ2n) is 4.44. The van der Waals surface area contributed by atoms with Gasteiger partial charge in [-0.05, 0) is 17.7 Å². The minimum atomic E-state index is -0.418. The van der Waals surface area contributed by atoms with Crippen molar-refractivity contribution in [3.05, 3.63) is 70.5 Å². The maximum atomic E-state index is 10.6. The van der Waals surface area contributed by atoms with Crippen LogP contribution in [0.2, 0.25) is 0 Å². The molecule has 21 heavy (non-hydrogen) atoms. The number of rotatable bonds is 4. The fraction of sp³-hybridized carbons (Fsp3) is 0.0714. The molecule has 0 aliphatic heterocycles. The van der Waals surface area contributed by atoms with E-state index in [0.29, 0.717) is 12.2 Å². The zero-order valence-electron chi connectivity index (χ0n) is 11.0. The van der Waals surface area contributed by atoms with Crippen molar-refractivity contribution < 1.29 is 4.92 Å². The molecular formula is C14H11N5O2. The van der Waals surface area contributed by atoms with E-state index in [-0.39, 0.29) is 5.69 Å². The summed E-state index contributed by atoms with van der Waals surface area (Å²) < 4.78 is 1.67. The van der Waals surface area contributed by atoms with E-state index in [1.54, 1.807) is 29.2 Å². The Hall–Kier alpha value is -3.09. The molecule has 0 saturated carbocycles. The monoisotopic (exact) mass is 281 g/mol. The number of aromatic nitrogens is 4. The first kappa shape index (κ1) is 12.9. The van der Waals surface area contributed by atoms with E-state index in [4.69, 9.17) is 0 Å². The Morgan fingerprint density at radius 1 is 1.10 bits per heavy atom. The van der Waals surface area contributed by atoms with Crippen molar-refractivity contribution in [3.8, 4) is 11.4 Å². The number of nitro groups is 1. The van der Waals surface area contributed by atoms with Gasteiger partial charge in [-0.3, -0.25) is 15.1 Å². The first-order chi connectivity index (χ1) is 10.2. The number of benzene rings is 1. The first-order valence-electron chi connectivity index (χ1n) is 6.27. The molecule has 0 spiro atoms. The highest BCUT2D eigenvalue weighted by Crippen LogP contribution is 2.15. The third-order valence-electron chi connectivity index (χ3n) is 2.96. The van der Waals surface area contributed by atoms with E-state index in [1.807, 2.05) is 18.2 Å². The lowest BCUT2D eigenvalue weighted by Gasteiger charge is -2.00. The van der Waals surface area contributed by atoms with E-state index in [9.17, 15) is 10.1 Å². The molecule has 0 aliphatic rings. The van der Waals surface area contributed by atoms with Gasteiger partial charge in [0.2, 0.25) is 0 Å². The van der Waals surface area contributed by atoms with Gasteiger partial charge in [-0.15, -0.1) is 5.10 Å². The molecule has 104 valence electrons. The summed E-state index contributed by atoms with van der Waals surface area (Å²) in [5.74, 6) is 0. The van der Waals surface area contributed by atoms with E-state index < -0.39 is 4.92 Å². The van der Waals surface area contributed by atoms with Gasteiger partial charge >= 0.3 is 0 Å². The lowest BCUT2D eigenvalue weighted by Crippen LogP contribution is -2.00. The van der Waals surface area contributed by atoms with E-state index >= 15 is 0 Å². The predicted octanol–water partition coefficient (Wildman–Crippen LogP) is 2.30. The highest BCUT2D eigenvalue weighted by atomic mass is 16.6. The zero-order valence-corrected chi connectivity index (χ0v) is 11.0. The number of pyridine rings is 1. The summed E-state index contributed by atoms with van der Waals surface area (Å²) in [7, 11) is 0. The molecule has 2 heterocycles. The molecule has 0 N–H and O–H groups in total. The van der Waals surface area contributed by atoms with Crippen molar-refractivity contribution in [2.24, 2.45) is 0 Å². The topological polar surface area (TPSA) is 86.7 Å². The Morgan fingerprint density at radius 3 is 2.57 bits per heavy atom. The van der Waals surface area contributed by atoms with Crippen LogP contribution in [0.15, 0.2) is 54.9 Å². The van der Waals surface area contributed by atoms with Crippen molar-refractivity contribution in [3.63, 3.8) is 0 Å². The molecule has 0 aliphatic carbocycles.